The van der Waals surface area contributed by atoms with E-state index in [1.54, 1.807) is 12.1 Å². The van der Waals surface area contributed by atoms with Crippen LogP contribution in [0.2, 0.25) is 0 Å². The maximum atomic E-state index is 11.4. The fourth-order valence-electron chi connectivity index (χ4n) is 13.3. The number of nitrogens with zero attached hydrogens (tertiary/aromatic N) is 1. The molecule has 1 spiro atoms. The number of benzene rings is 1. The molecule has 5 nitrogen and oxygen atoms in total. The van der Waals surface area contributed by atoms with E-state index in [0.29, 0.717) is 39.2 Å². The van der Waals surface area contributed by atoms with Crippen molar-refractivity contribution in [2.24, 2.45) is 51.8 Å². The minimum absolute atomic E-state index is 0.364. The molecule has 4 saturated carbocycles. The maximum Gasteiger partial charge on any atom is 0.335 e. The zero-order chi connectivity index (χ0) is 31.0. The largest absolute Gasteiger partial charge is 0.478 e. The van der Waals surface area contributed by atoms with Gasteiger partial charge in [-0.1, -0.05) is 45.4 Å². The Balaban J connectivity index is 0.950. The summed E-state index contributed by atoms with van der Waals surface area (Å²) in [6.07, 6.45) is 19.1. The van der Waals surface area contributed by atoms with E-state index >= 15 is 0 Å². The predicted octanol–water partition coefficient (Wildman–Crippen LogP) is 7.91. The lowest BCUT2D eigenvalue weighted by molar-refractivity contribution is -0.164. The van der Waals surface area contributed by atoms with Gasteiger partial charge < -0.3 is 20.1 Å². The first-order valence-electron chi connectivity index (χ1n) is 18.8. The summed E-state index contributed by atoms with van der Waals surface area (Å²) < 4.78 is 5.56. The zero-order valence-electron chi connectivity index (χ0n) is 28.3. The number of likely N-dealkylation sites (tertiary alicyclic amines) is 1. The first kappa shape index (κ1) is 30.6. The number of fused-ring (bicyclic) bond motifs is 7. The Hall–Kier alpha value is -1.69. The third kappa shape index (κ3) is 4.83. The summed E-state index contributed by atoms with van der Waals surface area (Å²) in [6.45, 7) is 14.8. The zero-order valence-corrected chi connectivity index (χ0v) is 28.3. The Kier molecular flexibility index (Phi) is 7.62. The summed E-state index contributed by atoms with van der Waals surface area (Å²) in [5.74, 6) is 3.87. The highest BCUT2D eigenvalue weighted by Gasteiger charge is 2.64. The van der Waals surface area contributed by atoms with Crippen LogP contribution in [0.1, 0.15) is 114 Å². The summed E-state index contributed by atoms with van der Waals surface area (Å²) in [7, 11) is 0. The van der Waals surface area contributed by atoms with E-state index < -0.39 is 5.97 Å². The molecule has 0 amide bonds. The van der Waals surface area contributed by atoms with Crippen molar-refractivity contribution >= 4 is 11.5 Å². The fraction of sp³-hybridized carbons (Fsp3) is 0.775. The average molecular weight is 615 g/mol. The molecule has 0 bridgehead atoms. The van der Waals surface area contributed by atoms with Crippen LogP contribution in [-0.2, 0) is 4.74 Å². The Labute approximate surface area is 271 Å². The first-order chi connectivity index (χ1) is 21.7. The van der Waals surface area contributed by atoms with Crippen molar-refractivity contribution in [1.82, 2.24) is 10.2 Å². The van der Waals surface area contributed by atoms with E-state index in [2.05, 4.69) is 37.1 Å². The number of piperidine rings is 1. The standard InChI is InChI=1S/C40H58N2O3/c1-27-30(28-6-8-29(9-7-28)36(43)44)12-16-37(2)32(27)13-17-38(3)33-14-18-40(15-4-5-34(40)31(33)10-11-35(37)38)41-21-24-42-22-19-39(20-23-42)25-45-26-39/h6-9,12,27,31-35,41H,4-5,10-11,13-26H2,1-3H3,(H,43,44)/t27?,31-,32?,33?,34+,35?,37-,38-,40-/m0/s1. The number of carboxylic acids is 1. The van der Waals surface area contributed by atoms with Gasteiger partial charge in [0.05, 0.1) is 18.8 Å². The van der Waals surface area contributed by atoms with Gasteiger partial charge in [0, 0.05) is 24.0 Å². The van der Waals surface area contributed by atoms with E-state index in [0.717, 1.165) is 36.9 Å². The molecule has 1 aromatic rings. The van der Waals surface area contributed by atoms with E-state index in [9.17, 15) is 9.90 Å². The van der Waals surface area contributed by atoms with E-state index in [4.69, 9.17) is 4.74 Å². The van der Waals surface area contributed by atoms with Crippen LogP contribution in [0.25, 0.3) is 5.57 Å². The molecule has 45 heavy (non-hydrogen) atoms. The molecule has 5 aliphatic carbocycles. The molecule has 8 rings (SSSR count). The number of aromatic carboxylic acids is 1. The summed E-state index contributed by atoms with van der Waals surface area (Å²) >= 11 is 0. The van der Waals surface area contributed by atoms with Crippen LogP contribution in [0, 0.1) is 51.8 Å². The van der Waals surface area contributed by atoms with Gasteiger partial charge in [0.1, 0.15) is 0 Å². The number of allylic oxidation sites excluding steroid dienone is 2. The third-order valence-electron chi connectivity index (χ3n) is 15.8. The van der Waals surface area contributed by atoms with Crippen LogP contribution in [-0.4, -0.2) is 60.9 Å². The minimum atomic E-state index is -0.842. The SMILES string of the molecule is CC1C(c2ccc(C(=O)O)cc2)=CC[C@@]2(C)C1CC[C@@]1(C)C3CC[C@@]4(NCCN5CCC6(CC5)COC6)CCC[C@@H]4[C@H]3CCC21. The van der Waals surface area contributed by atoms with Crippen LogP contribution in [0.15, 0.2) is 30.3 Å². The summed E-state index contributed by atoms with van der Waals surface area (Å²) in [5.41, 5.74) is 4.82. The number of hydrogen-bond donors (Lipinski definition) is 2. The normalized spacial score (nSPS) is 43.8. The van der Waals surface area contributed by atoms with E-state index in [1.807, 2.05) is 12.1 Å². The van der Waals surface area contributed by atoms with Gasteiger partial charge in [-0.15, -0.1) is 0 Å². The molecule has 6 fully saturated rings. The first-order valence-corrected chi connectivity index (χ1v) is 18.8. The van der Waals surface area contributed by atoms with Crippen LogP contribution in [0.3, 0.4) is 0 Å². The second-order valence-corrected chi connectivity index (χ2v) is 17.5. The number of rotatable bonds is 6. The number of carbonyl (C=O) groups is 1. The maximum absolute atomic E-state index is 11.4. The molecule has 9 atom stereocenters. The Morgan fingerprint density at radius 1 is 0.911 bits per heavy atom. The number of carboxylic acid groups (broad SMARTS) is 1. The second-order valence-electron chi connectivity index (χ2n) is 17.5. The summed E-state index contributed by atoms with van der Waals surface area (Å²) in [4.78, 5) is 14.2. The molecule has 246 valence electrons. The summed E-state index contributed by atoms with van der Waals surface area (Å²) in [6, 6.07) is 7.66. The Morgan fingerprint density at radius 3 is 2.38 bits per heavy atom. The van der Waals surface area contributed by atoms with Crippen LogP contribution in [0.4, 0.5) is 0 Å². The lowest BCUT2D eigenvalue weighted by Gasteiger charge is -2.67. The van der Waals surface area contributed by atoms with Gasteiger partial charge in [0.2, 0.25) is 0 Å². The topological polar surface area (TPSA) is 61.8 Å². The molecule has 2 saturated heterocycles. The third-order valence-corrected chi connectivity index (χ3v) is 15.8. The summed E-state index contributed by atoms with van der Waals surface area (Å²) in [5, 5.41) is 13.7. The van der Waals surface area contributed by atoms with Crippen molar-refractivity contribution in [3.63, 3.8) is 0 Å². The molecular weight excluding hydrogens is 556 g/mol. The van der Waals surface area contributed by atoms with Gasteiger partial charge in [-0.05, 0) is 153 Å². The van der Waals surface area contributed by atoms with Crippen LogP contribution >= 0.6 is 0 Å². The lowest BCUT2D eigenvalue weighted by Crippen LogP contribution is -2.63. The fourth-order valence-corrected chi connectivity index (χ4v) is 13.3. The second kappa shape index (κ2) is 11.2. The Bertz CT molecular complexity index is 1310. The van der Waals surface area contributed by atoms with Crippen LogP contribution < -0.4 is 5.32 Å². The van der Waals surface area contributed by atoms with Gasteiger partial charge in [-0.25, -0.2) is 4.79 Å². The molecule has 7 aliphatic rings. The van der Waals surface area contributed by atoms with Crippen molar-refractivity contribution in [1.29, 1.82) is 0 Å². The van der Waals surface area contributed by atoms with Crippen LogP contribution in [0.5, 0.6) is 0 Å². The quantitative estimate of drug-likeness (QED) is 0.341. The number of nitrogens with one attached hydrogen (secondary N) is 1. The van der Waals surface area contributed by atoms with E-state index in [-0.39, 0.29) is 0 Å². The molecule has 2 N–H and O–H groups in total. The lowest BCUT2D eigenvalue weighted by atomic mass is 9.38. The minimum Gasteiger partial charge on any atom is -0.478 e. The highest BCUT2D eigenvalue weighted by Crippen LogP contribution is 2.70. The molecule has 2 aliphatic heterocycles. The predicted molar refractivity (Wildman–Crippen MR) is 180 cm³/mol. The van der Waals surface area contributed by atoms with Crippen molar-refractivity contribution in [3.8, 4) is 0 Å². The molecule has 2 heterocycles. The van der Waals surface area contributed by atoms with Gasteiger partial charge >= 0.3 is 5.97 Å². The van der Waals surface area contributed by atoms with Crippen molar-refractivity contribution in [2.75, 3.05) is 39.4 Å². The van der Waals surface area contributed by atoms with Crippen molar-refractivity contribution in [3.05, 3.63) is 41.5 Å². The van der Waals surface area contributed by atoms with Crippen molar-refractivity contribution in [2.45, 2.75) is 103 Å². The van der Waals surface area contributed by atoms with E-state index in [1.165, 1.54) is 114 Å². The molecule has 0 radical (unpaired) electrons. The van der Waals surface area contributed by atoms with Gasteiger partial charge in [-0.2, -0.15) is 0 Å². The average Bonchev–Trinajstić information content (AvgIpc) is 3.45. The molecule has 1 aromatic carbocycles. The van der Waals surface area contributed by atoms with Gasteiger partial charge in [0.15, 0.2) is 0 Å². The van der Waals surface area contributed by atoms with Gasteiger partial charge in [-0.3, -0.25) is 0 Å². The molecule has 5 heteroatoms. The molecule has 0 aromatic heterocycles. The van der Waals surface area contributed by atoms with Gasteiger partial charge in [0.25, 0.3) is 0 Å². The Morgan fingerprint density at radius 2 is 1.67 bits per heavy atom. The number of hydrogen-bond acceptors (Lipinski definition) is 4. The number of ether oxygens (including phenoxy) is 1. The van der Waals surface area contributed by atoms with Crippen molar-refractivity contribution < 1.29 is 14.6 Å². The monoisotopic (exact) mass is 614 g/mol. The highest BCUT2D eigenvalue weighted by atomic mass is 16.5. The molecule has 4 unspecified atom stereocenters. The highest BCUT2D eigenvalue weighted by molar-refractivity contribution is 5.88. The molecular formula is C40H58N2O3. The smallest absolute Gasteiger partial charge is 0.335 e.